The van der Waals surface area contributed by atoms with Crippen molar-refractivity contribution in [3.8, 4) is 0 Å². The molecule has 32 heavy (non-hydrogen) atoms. The third-order valence-electron chi connectivity index (χ3n) is 6.43. The molecule has 0 amide bonds. The normalized spacial score (nSPS) is 55.0. The van der Waals surface area contributed by atoms with Crippen molar-refractivity contribution in [1.82, 2.24) is 0 Å². The Bertz CT molecular complexity index is 620. The zero-order valence-corrected chi connectivity index (χ0v) is 17.7. The molecule has 15 atom stereocenters. The summed E-state index contributed by atoms with van der Waals surface area (Å²) in [6, 6.07) is -2.69. The van der Waals surface area contributed by atoms with Crippen LogP contribution in [0.3, 0.4) is 0 Å². The van der Waals surface area contributed by atoms with Crippen molar-refractivity contribution in [3.05, 3.63) is 0 Å². The maximum atomic E-state index is 10.9. The van der Waals surface area contributed by atoms with E-state index in [0.717, 1.165) is 0 Å². The molecule has 3 fully saturated rings. The van der Waals surface area contributed by atoms with E-state index in [1.165, 1.54) is 6.92 Å². The number of aliphatic hydroxyl groups excluding tert-OH is 6. The minimum absolute atomic E-state index is 0.107. The van der Waals surface area contributed by atoms with Crippen molar-refractivity contribution in [2.75, 3.05) is 6.54 Å². The number of aliphatic hydroxyl groups is 6. The average molecular weight is 469 g/mol. The second-order valence-corrected chi connectivity index (χ2v) is 8.77. The molecule has 0 aromatic carbocycles. The van der Waals surface area contributed by atoms with Crippen LogP contribution in [0.15, 0.2) is 0 Å². The van der Waals surface area contributed by atoms with E-state index in [0.29, 0.717) is 0 Å². The van der Waals surface area contributed by atoms with Crippen molar-refractivity contribution < 1.29 is 49.6 Å². The number of hydrogen-bond acceptors (Lipinski definition) is 14. The Balaban J connectivity index is 1.71. The van der Waals surface area contributed by atoms with Crippen LogP contribution < -0.4 is 22.9 Å². The van der Waals surface area contributed by atoms with Gasteiger partial charge in [0, 0.05) is 18.6 Å². The number of rotatable bonds is 5. The molecule has 0 bridgehead atoms. The third-order valence-corrected chi connectivity index (χ3v) is 6.43. The van der Waals surface area contributed by atoms with E-state index in [-0.39, 0.29) is 13.0 Å². The molecule has 3 aliphatic rings. The van der Waals surface area contributed by atoms with Crippen LogP contribution in [0.5, 0.6) is 0 Å². The van der Waals surface area contributed by atoms with Gasteiger partial charge < -0.3 is 72.5 Å². The van der Waals surface area contributed by atoms with E-state index in [9.17, 15) is 30.6 Å². The summed E-state index contributed by atoms with van der Waals surface area (Å²) in [6.45, 7) is 1.38. The van der Waals surface area contributed by atoms with E-state index in [4.69, 9.17) is 41.9 Å². The first-order chi connectivity index (χ1) is 15.0. The van der Waals surface area contributed by atoms with Gasteiger partial charge in [-0.15, -0.1) is 0 Å². The van der Waals surface area contributed by atoms with Crippen LogP contribution in [0.4, 0.5) is 0 Å². The summed E-state index contributed by atoms with van der Waals surface area (Å²) < 4.78 is 22.5. The molecule has 0 aromatic heterocycles. The van der Waals surface area contributed by atoms with Crippen LogP contribution >= 0.6 is 0 Å². The Morgan fingerprint density at radius 2 is 1.28 bits per heavy atom. The first kappa shape index (κ1) is 26.1. The van der Waals surface area contributed by atoms with Crippen molar-refractivity contribution >= 4 is 0 Å². The Morgan fingerprint density at radius 3 is 1.84 bits per heavy atom. The minimum Gasteiger partial charge on any atom is -0.388 e. The number of ether oxygens (including phenoxy) is 4. The zero-order chi connectivity index (χ0) is 23.9. The highest BCUT2D eigenvalue weighted by atomic mass is 16.7. The Kier molecular flexibility index (Phi) is 8.44. The average Bonchev–Trinajstić information content (AvgIpc) is 2.75. The van der Waals surface area contributed by atoms with Crippen molar-refractivity contribution in [2.45, 2.75) is 105 Å². The van der Waals surface area contributed by atoms with Crippen molar-refractivity contribution in [1.29, 1.82) is 0 Å². The van der Waals surface area contributed by atoms with Gasteiger partial charge in [-0.3, -0.25) is 0 Å². The molecule has 2 saturated heterocycles. The van der Waals surface area contributed by atoms with Crippen LogP contribution in [0.2, 0.25) is 0 Å². The van der Waals surface area contributed by atoms with E-state index < -0.39 is 91.7 Å². The summed E-state index contributed by atoms with van der Waals surface area (Å²) in [5.74, 6) is 0. The van der Waals surface area contributed by atoms with Gasteiger partial charge in [0.1, 0.15) is 54.9 Å². The molecular formula is C18H36N4O10. The van der Waals surface area contributed by atoms with Crippen LogP contribution in [-0.4, -0.2) is 129 Å². The van der Waals surface area contributed by atoms with Crippen LogP contribution in [-0.2, 0) is 18.9 Å². The molecule has 1 saturated carbocycles. The van der Waals surface area contributed by atoms with Crippen LogP contribution in [0.25, 0.3) is 0 Å². The lowest BCUT2D eigenvalue weighted by Crippen LogP contribution is -2.68. The fraction of sp³-hybridized carbons (Fsp3) is 1.00. The molecule has 1 aliphatic carbocycles. The number of hydrogen-bond donors (Lipinski definition) is 10. The molecule has 0 spiro atoms. The predicted molar refractivity (Wildman–Crippen MR) is 106 cm³/mol. The SMILES string of the molecule is C[C@@H]1O[C@@H](O[C@@H]2[C@@H](O)[C@H](O[C@H]3O[C@H](CN)[C@@H](O)[C@H](O)[C@H]3N)[C@@H](N)C[C@H]2N)[C@@H](O)[C@H](O)[C@@H]1O. The van der Waals surface area contributed by atoms with Gasteiger partial charge in [0.2, 0.25) is 0 Å². The van der Waals surface area contributed by atoms with Gasteiger partial charge in [0.25, 0.3) is 0 Å². The highest BCUT2D eigenvalue weighted by Gasteiger charge is 2.51. The smallest absolute Gasteiger partial charge is 0.187 e. The van der Waals surface area contributed by atoms with Gasteiger partial charge >= 0.3 is 0 Å². The third kappa shape index (κ3) is 4.94. The van der Waals surface area contributed by atoms with Crippen LogP contribution in [0.1, 0.15) is 13.3 Å². The fourth-order valence-corrected chi connectivity index (χ4v) is 4.34. The molecular weight excluding hydrogens is 432 g/mol. The zero-order valence-electron chi connectivity index (χ0n) is 17.7. The first-order valence-corrected chi connectivity index (χ1v) is 10.6. The quantitative estimate of drug-likeness (QED) is 0.180. The van der Waals surface area contributed by atoms with Gasteiger partial charge in [-0.2, -0.15) is 0 Å². The van der Waals surface area contributed by atoms with E-state index in [2.05, 4.69) is 0 Å². The lowest BCUT2D eigenvalue weighted by atomic mass is 9.84. The Morgan fingerprint density at radius 1 is 0.719 bits per heavy atom. The van der Waals surface area contributed by atoms with Gasteiger partial charge in [0.15, 0.2) is 12.6 Å². The molecule has 2 heterocycles. The molecule has 14 N–H and O–H groups in total. The first-order valence-electron chi connectivity index (χ1n) is 10.6. The summed E-state index contributed by atoms with van der Waals surface area (Å²) in [5.41, 5.74) is 23.7. The fourth-order valence-electron chi connectivity index (χ4n) is 4.34. The predicted octanol–water partition coefficient (Wildman–Crippen LogP) is -6.26. The highest BCUT2D eigenvalue weighted by Crippen LogP contribution is 2.31. The largest absolute Gasteiger partial charge is 0.388 e. The molecule has 14 nitrogen and oxygen atoms in total. The van der Waals surface area contributed by atoms with Gasteiger partial charge in [-0.25, -0.2) is 0 Å². The maximum Gasteiger partial charge on any atom is 0.187 e. The van der Waals surface area contributed by atoms with E-state index in [1.54, 1.807) is 0 Å². The molecule has 0 unspecified atom stereocenters. The monoisotopic (exact) mass is 468 g/mol. The van der Waals surface area contributed by atoms with E-state index in [1.807, 2.05) is 0 Å². The standard InChI is InChI=1S/C18H36N4O10/c1-4-9(23)12(26)13(27)18(29-4)32-16-6(21)2-5(20)15(14(16)28)31-17-8(22)11(25)10(24)7(3-19)30-17/h4-18,23-28H,2-3,19-22H2,1H3/t4-,5-,6+,7+,8+,9+,10+,11+,12+,13-,14-,15+,16-,17+,18-/m0/s1. The summed E-state index contributed by atoms with van der Waals surface area (Å²) >= 11 is 0. The van der Waals surface area contributed by atoms with Gasteiger partial charge in [-0.05, 0) is 13.3 Å². The maximum absolute atomic E-state index is 10.9. The van der Waals surface area contributed by atoms with Gasteiger partial charge in [0.05, 0.1) is 12.1 Å². The summed E-state index contributed by atoms with van der Waals surface area (Å²) in [6.07, 6.45) is -15.1. The molecule has 0 aromatic rings. The Hall–Kier alpha value is -0.560. The van der Waals surface area contributed by atoms with Crippen molar-refractivity contribution in [2.24, 2.45) is 22.9 Å². The van der Waals surface area contributed by atoms with Crippen molar-refractivity contribution in [3.63, 3.8) is 0 Å². The highest BCUT2D eigenvalue weighted by molar-refractivity contribution is 5.01. The van der Waals surface area contributed by atoms with Crippen LogP contribution in [0, 0.1) is 0 Å². The lowest BCUT2D eigenvalue weighted by molar-refractivity contribution is -0.327. The number of nitrogens with two attached hydrogens (primary N) is 4. The minimum atomic E-state index is -1.59. The molecule has 188 valence electrons. The summed E-state index contributed by atoms with van der Waals surface area (Å²) in [4.78, 5) is 0. The molecule has 3 rings (SSSR count). The Labute approximate surface area is 185 Å². The molecule has 0 radical (unpaired) electrons. The second-order valence-electron chi connectivity index (χ2n) is 8.77. The molecule has 14 heteroatoms. The molecule has 2 aliphatic heterocycles. The second kappa shape index (κ2) is 10.4. The van der Waals surface area contributed by atoms with E-state index >= 15 is 0 Å². The topological polar surface area (TPSA) is 262 Å². The van der Waals surface area contributed by atoms with Gasteiger partial charge in [-0.1, -0.05) is 0 Å². The summed E-state index contributed by atoms with van der Waals surface area (Å²) in [5, 5.41) is 61.2. The lowest BCUT2D eigenvalue weighted by Gasteiger charge is -2.48. The summed E-state index contributed by atoms with van der Waals surface area (Å²) in [7, 11) is 0.